The number of non-ortho nitro benzene ring substituents is 1. The Hall–Kier alpha value is -2.70. The smallest absolute Gasteiger partial charge is 0.270 e. The van der Waals surface area contributed by atoms with Crippen LogP contribution < -0.4 is 0 Å². The number of carbonyl (C=O) groups excluding carboxylic acids is 1. The van der Waals surface area contributed by atoms with E-state index in [2.05, 4.69) is 29.2 Å². The molecule has 0 aliphatic carbocycles. The molecule has 2 aromatic rings. The standard InChI is InChI=1S/C20H20ClN3O3/c21-19-15-17(24(26)27)8-9-18(19)20(25)23-13-11-22(12-14-23)10-4-7-16-5-2-1-3-6-16/h1-9,15H,10-14H2. The lowest BCUT2D eigenvalue weighted by Gasteiger charge is -2.34. The average Bonchev–Trinajstić information content (AvgIpc) is 2.69. The third-order valence-corrected chi connectivity index (χ3v) is 4.84. The van der Waals surface area contributed by atoms with Gasteiger partial charge in [-0.25, -0.2) is 0 Å². The van der Waals surface area contributed by atoms with Gasteiger partial charge in [-0.1, -0.05) is 54.1 Å². The Morgan fingerprint density at radius 3 is 2.44 bits per heavy atom. The van der Waals surface area contributed by atoms with Gasteiger partial charge in [0.2, 0.25) is 0 Å². The van der Waals surface area contributed by atoms with Crippen LogP contribution in [0.5, 0.6) is 0 Å². The molecule has 1 heterocycles. The molecule has 0 spiro atoms. The third-order valence-electron chi connectivity index (χ3n) is 4.53. The number of nitrogens with zero attached hydrogens (tertiary/aromatic N) is 3. The summed E-state index contributed by atoms with van der Waals surface area (Å²) in [6.45, 7) is 3.58. The maximum atomic E-state index is 12.6. The van der Waals surface area contributed by atoms with E-state index in [4.69, 9.17) is 11.6 Å². The van der Waals surface area contributed by atoms with Crippen LogP contribution >= 0.6 is 11.6 Å². The lowest BCUT2D eigenvalue weighted by molar-refractivity contribution is -0.384. The summed E-state index contributed by atoms with van der Waals surface area (Å²) in [5, 5.41) is 10.9. The second-order valence-electron chi connectivity index (χ2n) is 6.33. The van der Waals surface area contributed by atoms with Gasteiger partial charge in [0, 0.05) is 44.9 Å². The number of nitro groups is 1. The van der Waals surface area contributed by atoms with Crippen LogP contribution in [0, 0.1) is 10.1 Å². The van der Waals surface area contributed by atoms with Crippen molar-refractivity contribution < 1.29 is 9.72 Å². The monoisotopic (exact) mass is 385 g/mol. The first-order valence-corrected chi connectivity index (χ1v) is 9.09. The van der Waals surface area contributed by atoms with Crippen molar-refractivity contribution in [2.45, 2.75) is 0 Å². The highest BCUT2D eigenvalue weighted by atomic mass is 35.5. The summed E-state index contributed by atoms with van der Waals surface area (Å²) >= 11 is 6.07. The average molecular weight is 386 g/mol. The summed E-state index contributed by atoms with van der Waals surface area (Å²) < 4.78 is 0. The zero-order valence-electron chi connectivity index (χ0n) is 14.8. The number of piperazine rings is 1. The Balaban J connectivity index is 1.53. The fraction of sp³-hybridized carbons (Fsp3) is 0.250. The summed E-state index contributed by atoms with van der Waals surface area (Å²) in [5.74, 6) is -0.186. The van der Waals surface area contributed by atoms with Crippen molar-refractivity contribution in [1.29, 1.82) is 0 Å². The van der Waals surface area contributed by atoms with Gasteiger partial charge in [-0.3, -0.25) is 19.8 Å². The fourth-order valence-corrected chi connectivity index (χ4v) is 3.25. The molecule has 27 heavy (non-hydrogen) atoms. The summed E-state index contributed by atoms with van der Waals surface area (Å²) in [5.41, 5.74) is 1.35. The zero-order chi connectivity index (χ0) is 19.2. The lowest BCUT2D eigenvalue weighted by atomic mass is 10.1. The van der Waals surface area contributed by atoms with Crippen LogP contribution in [0.3, 0.4) is 0 Å². The predicted molar refractivity (Wildman–Crippen MR) is 106 cm³/mol. The maximum Gasteiger partial charge on any atom is 0.270 e. The van der Waals surface area contributed by atoms with Crippen LogP contribution in [0.25, 0.3) is 6.08 Å². The molecule has 0 radical (unpaired) electrons. The van der Waals surface area contributed by atoms with Crippen molar-refractivity contribution in [2.75, 3.05) is 32.7 Å². The molecule has 140 valence electrons. The van der Waals surface area contributed by atoms with Crippen LogP contribution in [-0.2, 0) is 0 Å². The van der Waals surface area contributed by atoms with Gasteiger partial charge in [0.1, 0.15) is 0 Å². The van der Waals surface area contributed by atoms with Gasteiger partial charge in [-0.15, -0.1) is 0 Å². The number of nitro benzene ring substituents is 1. The first-order valence-electron chi connectivity index (χ1n) is 8.72. The van der Waals surface area contributed by atoms with Crippen molar-refractivity contribution in [1.82, 2.24) is 9.80 Å². The summed E-state index contributed by atoms with van der Waals surface area (Å²) in [6.07, 6.45) is 4.22. The van der Waals surface area contributed by atoms with E-state index in [1.807, 2.05) is 18.2 Å². The van der Waals surface area contributed by atoms with Gasteiger partial charge in [0.25, 0.3) is 11.6 Å². The predicted octanol–water partition coefficient (Wildman–Crippen LogP) is 3.72. The molecule has 6 nitrogen and oxygen atoms in total. The minimum absolute atomic E-state index is 0.113. The van der Waals surface area contributed by atoms with Gasteiger partial charge in [-0.05, 0) is 11.6 Å². The molecule has 3 rings (SSSR count). The third kappa shape index (κ3) is 4.93. The quantitative estimate of drug-likeness (QED) is 0.581. The Labute approximate surface area is 162 Å². The molecule has 0 atom stereocenters. The molecule has 7 heteroatoms. The Bertz CT molecular complexity index is 847. The zero-order valence-corrected chi connectivity index (χ0v) is 15.5. The van der Waals surface area contributed by atoms with E-state index in [1.165, 1.54) is 23.8 Å². The molecule has 1 fully saturated rings. The van der Waals surface area contributed by atoms with E-state index in [-0.39, 0.29) is 16.6 Å². The van der Waals surface area contributed by atoms with E-state index in [9.17, 15) is 14.9 Å². The first-order chi connectivity index (χ1) is 13.0. The molecular formula is C20H20ClN3O3. The van der Waals surface area contributed by atoms with Crippen LogP contribution in [0.2, 0.25) is 5.02 Å². The van der Waals surface area contributed by atoms with Crippen LogP contribution in [0.4, 0.5) is 5.69 Å². The van der Waals surface area contributed by atoms with Crippen molar-refractivity contribution in [3.8, 4) is 0 Å². The highest BCUT2D eigenvalue weighted by Crippen LogP contribution is 2.24. The highest BCUT2D eigenvalue weighted by Gasteiger charge is 2.24. The molecule has 1 aliphatic rings. The first kappa shape index (κ1) is 19.1. The van der Waals surface area contributed by atoms with E-state index in [1.54, 1.807) is 4.90 Å². The Kier molecular flexibility index (Phi) is 6.21. The van der Waals surface area contributed by atoms with Gasteiger partial charge in [-0.2, -0.15) is 0 Å². The van der Waals surface area contributed by atoms with Gasteiger partial charge in [0.05, 0.1) is 15.5 Å². The number of halogens is 1. The van der Waals surface area contributed by atoms with Crippen molar-refractivity contribution in [3.05, 3.63) is 80.9 Å². The van der Waals surface area contributed by atoms with E-state index < -0.39 is 4.92 Å². The topological polar surface area (TPSA) is 66.7 Å². The molecule has 0 saturated carbocycles. The fourth-order valence-electron chi connectivity index (χ4n) is 3.00. The van der Waals surface area contributed by atoms with Gasteiger partial charge < -0.3 is 4.90 Å². The molecule has 0 bridgehead atoms. The van der Waals surface area contributed by atoms with Crippen molar-refractivity contribution >= 4 is 29.3 Å². The molecular weight excluding hydrogens is 366 g/mol. The normalized spacial score (nSPS) is 15.2. The largest absolute Gasteiger partial charge is 0.336 e. The number of hydrogen-bond acceptors (Lipinski definition) is 4. The van der Waals surface area contributed by atoms with E-state index >= 15 is 0 Å². The van der Waals surface area contributed by atoms with E-state index in [0.29, 0.717) is 18.7 Å². The minimum Gasteiger partial charge on any atom is -0.336 e. The van der Waals surface area contributed by atoms with Gasteiger partial charge >= 0.3 is 0 Å². The second kappa shape index (κ2) is 8.79. The summed E-state index contributed by atoms with van der Waals surface area (Å²) in [4.78, 5) is 26.9. The molecule has 2 aromatic carbocycles. The molecule has 1 saturated heterocycles. The molecule has 1 amide bonds. The van der Waals surface area contributed by atoms with E-state index in [0.717, 1.165) is 19.6 Å². The highest BCUT2D eigenvalue weighted by molar-refractivity contribution is 6.34. The van der Waals surface area contributed by atoms with Crippen molar-refractivity contribution in [3.63, 3.8) is 0 Å². The summed E-state index contributed by atoms with van der Waals surface area (Å²) in [6, 6.07) is 14.1. The number of hydrogen-bond donors (Lipinski definition) is 0. The Morgan fingerprint density at radius 1 is 1.11 bits per heavy atom. The lowest BCUT2D eigenvalue weighted by Crippen LogP contribution is -2.48. The molecule has 0 aromatic heterocycles. The van der Waals surface area contributed by atoms with Gasteiger partial charge in [0.15, 0.2) is 0 Å². The molecule has 0 unspecified atom stereocenters. The SMILES string of the molecule is O=C(c1ccc([N+](=O)[O-])cc1Cl)N1CCN(CC=Cc2ccccc2)CC1. The number of benzene rings is 2. The molecule has 1 aliphatic heterocycles. The number of amides is 1. The van der Waals surface area contributed by atoms with Crippen LogP contribution in [0.1, 0.15) is 15.9 Å². The second-order valence-corrected chi connectivity index (χ2v) is 6.73. The molecule has 0 N–H and O–H groups in total. The van der Waals surface area contributed by atoms with Crippen LogP contribution in [0.15, 0.2) is 54.6 Å². The summed E-state index contributed by atoms with van der Waals surface area (Å²) in [7, 11) is 0. The minimum atomic E-state index is -0.526. The van der Waals surface area contributed by atoms with Crippen molar-refractivity contribution in [2.24, 2.45) is 0 Å². The Morgan fingerprint density at radius 2 is 1.81 bits per heavy atom. The number of rotatable bonds is 5. The van der Waals surface area contributed by atoms with Crippen LogP contribution in [-0.4, -0.2) is 53.4 Å². The number of carbonyl (C=O) groups is 1. The maximum absolute atomic E-state index is 12.6.